The summed E-state index contributed by atoms with van der Waals surface area (Å²) in [6, 6.07) is 15.9. The maximum atomic E-state index is 13.0. The van der Waals surface area contributed by atoms with E-state index in [9.17, 15) is 9.59 Å². The third kappa shape index (κ3) is 2.87. The van der Waals surface area contributed by atoms with E-state index >= 15 is 0 Å². The smallest absolute Gasteiger partial charge is 0.332 e. The number of aryl methyl sites for hydroxylation is 2. The number of nitrogens with zero attached hydrogens (tertiary/aromatic N) is 5. The van der Waals surface area contributed by atoms with Gasteiger partial charge in [0.1, 0.15) is 5.75 Å². The van der Waals surface area contributed by atoms with Gasteiger partial charge in [0.25, 0.3) is 5.56 Å². The molecular weight excluding hydrogens is 406 g/mol. The molecule has 3 aromatic heterocycles. The minimum absolute atomic E-state index is 0.350. The van der Waals surface area contributed by atoms with Crippen molar-refractivity contribution >= 4 is 16.9 Å². The zero-order valence-corrected chi connectivity index (χ0v) is 18.4. The molecule has 0 atom stereocenters. The Morgan fingerprint density at radius 2 is 1.62 bits per heavy atom. The molecule has 32 heavy (non-hydrogen) atoms. The fraction of sp³-hybridized carbons (Fsp3) is 0.208. The zero-order chi connectivity index (χ0) is 22.6. The van der Waals surface area contributed by atoms with Crippen LogP contribution in [-0.4, -0.2) is 29.7 Å². The Morgan fingerprint density at radius 3 is 2.28 bits per heavy atom. The molecule has 0 amide bonds. The van der Waals surface area contributed by atoms with Gasteiger partial charge in [0.15, 0.2) is 11.2 Å². The molecule has 0 bridgehead atoms. The van der Waals surface area contributed by atoms with Gasteiger partial charge in [-0.15, -0.1) is 0 Å². The molecular formula is C24H23N5O3. The number of rotatable bonds is 4. The average Bonchev–Trinajstić information content (AvgIpc) is 3.34. The molecule has 0 radical (unpaired) electrons. The van der Waals surface area contributed by atoms with Crippen LogP contribution in [0.25, 0.3) is 33.9 Å². The Bertz CT molecular complexity index is 1580. The molecule has 0 fully saturated rings. The van der Waals surface area contributed by atoms with Gasteiger partial charge in [-0.05, 0) is 38.1 Å². The summed E-state index contributed by atoms with van der Waals surface area (Å²) >= 11 is 0. The standard InChI is InChI=1S/C24H23N5O3/c1-5-32-18-12-10-17(11-13-18)29-19(16-8-6-15(2)7-9-16)14-28-20-21(25-23(28)29)26(3)24(31)27(4)22(20)30/h6-14H,5H2,1-4H3. The van der Waals surface area contributed by atoms with E-state index in [1.165, 1.54) is 11.6 Å². The molecule has 0 aliphatic rings. The molecule has 162 valence electrons. The van der Waals surface area contributed by atoms with Crippen molar-refractivity contribution in [3.63, 3.8) is 0 Å². The topological polar surface area (TPSA) is 75.5 Å². The zero-order valence-electron chi connectivity index (χ0n) is 18.4. The maximum Gasteiger partial charge on any atom is 0.332 e. The monoisotopic (exact) mass is 429 g/mol. The second-order valence-corrected chi connectivity index (χ2v) is 7.80. The lowest BCUT2D eigenvalue weighted by Crippen LogP contribution is -2.37. The van der Waals surface area contributed by atoms with E-state index in [2.05, 4.69) is 12.1 Å². The molecule has 3 heterocycles. The summed E-state index contributed by atoms with van der Waals surface area (Å²) in [6.07, 6.45) is 1.90. The summed E-state index contributed by atoms with van der Waals surface area (Å²) in [5.41, 5.74) is 3.83. The average molecular weight is 429 g/mol. The predicted octanol–water partition coefficient (Wildman–Crippen LogP) is 3.05. The first-order chi connectivity index (χ1) is 15.4. The summed E-state index contributed by atoms with van der Waals surface area (Å²) in [5.74, 6) is 1.33. The number of fused-ring (bicyclic) bond motifs is 3. The molecule has 0 aliphatic carbocycles. The van der Waals surface area contributed by atoms with E-state index in [4.69, 9.17) is 9.72 Å². The van der Waals surface area contributed by atoms with Crippen LogP contribution in [0.5, 0.6) is 5.75 Å². The highest BCUT2D eigenvalue weighted by Gasteiger charge is 2.21. The molecule has 5 rings (SSSR count). The van der Waals surface area contributed by atoms with Crippen LogP contribution in [0.3, 0.4) is 0 Å². The van der Waals surface area contributed by atoms with Gasteiger partial charge in [0.2, 0.25) is 5.78 Å². The van der Waals surface area contributed by atoms with E-state index in [-0.39, 0.29) is 5.56 Å². The molecule has 0 aliphatic heterocycles. The lowest BCUT2D eigenvalue weighted by atomic mass is 10.1. The van der Waals surface area contributed by atoms with Crippen molar-refractivity contribution in [3.8, 4) is 22.7 Å². The lowest BCUT2D eigenvalue weighted by molar-refractivity contribution is 0.340. The van der Waals surface area contributed by atoms with Crippen LogP contribution in [0, 0.1) is 6.92 Å². The van der Waals surface area contributed by atoms with Crippen LogP contribution in [0.1, 0.15) is 12.5 Å². The number of hydrogen-bond acceptors (Lipinski definition) is 4. The number of hydrogen-bond donors (Lipinski definition) is 0. The molecule has 0 unspecified atom stereocenters. The van der Waals surface area contributed by atoms with Gasteiger partial charge < -0.3 is 4.74 Å². The van der Waals surface area contributed by atoms with Crippen LogP contribution < -0.4 is 16.0 Å². The van der Waals surface area contributed by atoms with Crippen molar-refractivity contribution in [2.45, 2.75) is 13.8 Å². The molecule has 0 spiro atoms. The third-order valence-corrected chi connectivity index (χ3v) is 5.72. The van der Waals surface area contributed by atoms with E-state index < -0.39 is 5.69 Å². The maximum absolute atomic E-state index is 13.0. The van der Waals surface area contributed by atoms with Crippen molar-refractivity contribution in [1.29, 1.82) is 0 Å². The van der Waals surface area contributed by atoms with E-state index in [0.717, 1.165) is 32.8 Å². The van der Waals surface area contributed by atoms with Gasteiger partial charge in [0.05, 0.1) is 12.3 Å². The van der Waals surface area contributed by atoms with Crippen molar-refractivity contribution in [2.75, 3.05) is 6.61 Å². The molecule has 0 N–H and O–H groups in total. The predicted molar refractivity (Wildman–Crippen MR) is 124 cm³/mol. The first-order valence-electron chi connectivity index (χ1n) is 10.4. The van der Waals surface area contributed by atoms with Crippen LogP contribution >= 0.6 is 0 Å². The summed E-state index contributed by atoms with van der Waals surface area (Å²) in [7, 11) is 3.10. The highest BCUT2D eigenvalue weighted by atomic mass is 16.5. The number of aromatic nitrogens is 5. The molecule has 5 aromatic rings. The number of ether oxygens (including phenoxy) is 1. The molecule has 0 saturated heterocycles. The highest BCUT2D eigenvalue weighted by molar-refractivity contribution is 5.79. The normalized spacial score (nSPS) is 11.5. The third-order valence-electron chi connectivity index (χ3n) is 5.72. The van der Waals surface area contributed by atoms with Gasteiger partial charge in [-0.2, -0.15) is 4.98 Å². The molecule has 8 nitrogen and oxygen atoms in total. The molecule has 2 aromatic carbocycles. The first kappa shape index (κ1) is 19.9. The minimum Gasteiger partial charge on any atom is -0.494 e. The fourth-order valence-electron chi connectivity index (χ4n) is 4.01. The van der Waals surface area contributed by atoms with Gasteiger partial charge in [-0.1, -0.05) is 29.8 Å². The Labute approximate surface area is 183 Å². The number of imidazole rings is 2. The van der Waals surface area contributed by atoms with Crippen molar-refractivity contribution in [3.05, 3.63) is 81.1 Å². The van der Waals surface area contributed by atoms with Gasteiger partial charge in [-0.25, -0.2) is 4.79 Å². The van der Waals surface area contributed by atoms with Crippen LogP contribution in [-0.2, 0) is 14.1 Å². The van der Waals surface area contributed by atoms with E-state index in [1.807, 2.05) is 61.0 Å². The van der Waals surface area contributed by atoms with Crippen molar-refractivity contribution in [2.24, 2.45) is 14.1 Å². The van der Waals surface area contributed by atoms with E-state index in [0.29, 0.717) is 23.5 Å². The van der Waals surface area contributed by atoms with Gasteiger partial charge >= 0.3 is 5.69 Å². The van der Waals surface area contributed by atoms with E-state index in [1.54, 1.807) is 11.4 Å². The Morgan fingerprint density at radius 1 is 0.938 bits per heavy atom. The van der Waals surface area contributed by atoms with Crippen LogP contribution in [0.2, 0.25) is 0 Å². The minimum atomic E-state index is -0.408. The second-order valence-electron chi connectivity index (χ2n) is 7.80. The fourth-order valence-corrected chi connectivity index (χ4v) is 4.01. The Balaban J connectivity index is 1.88. The van der Waals surface area contributed by atoms with Crippen molar-refractivity contribution < 1.29 is 4.74 Å². The quantitative estimate of drug-likeness (QED) is 0.440. The van der Waals surface area contributed by atoms with Gasteiger partial charge in [-0.3, -0.25) is 22.9 Å². The molecule has 8 heteroatoms. The second kappa shape index (κ2) is 7.26. The summed E-state index contributed by atoms with van der Waals surface area (Å²) in [6.45, 7) is 4.57. The first-order valence-corrected chi connectivity index (χ1v) is 10.4. The van der Waals surface area contributed by atoms with Crippen molar-refractivity contribution in [1.82, 2.24) is 23.1 Å². The van der Waals surface area contributed by atoms with Crippen LogP contribution in [0.4, 0.5) is 0 Å². The summed E-state index contributed by atoms with van der Waals surface area (Å²) < 4.78 is 11.9. The summed E-state index contributed by atoms with van der Waals surface area (Å²) in [5, 5.41) is 0. The van der Waals surface area contributed by atoms with Gasteiger partial charge in [0, 0.05) is 31.5 Å². The SMILES string of the molecule is CCOc1ccc(-n2c(-c3ccc(C)cc3)cn3c4c(=O)n(C)c(=O)n(C)c4nc23)cc1. The molecule has 0 saturated carbocycles. The summed E-state index contributed by atoms with van der Waals surface area (Å²) in [4.78, 5) is 30.1. The Kier molecular flexibility index (Phi) is 4.51. The Hall–Kier alpha value is -4.07. The highest BCUT2D eigenvalue weighted by Crippen LogP contribution is 2.29. The number of benzene rings is 2. The largest absolute Gasteiger partial charge is 0.494 e. The van der Waals surface area contributed by atoms with Crippen LogP contribution in [0.15, 0.2) is 64.3 Å². The lowest BCUT2D eigenvalue weighted by Gasteiger charge is -2.11.